The highest BCUT2D eigenvalue weighted by Gasteiger charge is 2.18. The van der Waals surface area contributed by atoms with Crippen molar-refractivity contribution in [3.05, 3.63) is 29.8 Å². The predicted octanol–water partition coefficient (Wildman–Crippen LogP) is 2.58. The molecule has 6 nitrogen and oxygen atoms in total. The molecule has 0 aromatic heterocycles. The number of hydrogen-bond donors (Lipinski definition) is 2. The van der Waals surface area contributed by atoms with Crippen molar-refractivity contribution in [1.82, 2.24) is 10.6 Å². The molecule has 0 radical (unpaired) electrons. The predicted molar refractivity (Wildman–Crippen MR) is 89.5 cm³/mol. The van der Waals surface area contributed by atoms with Crippen LogP contribution in [0.25, 0.3) is 0 Å². The summed E-state index contributed by atoms with van der Waals surface area (Å²) in [4.78, 5) is 36.0. The number of benzene rings is 1. The minimum Gasteiger partial charge on any atom is -0.452 e. The van der Waals surface area contributed by atoms with Gasteiger partial charge in [0.1, 0.15) is 0 Å². The number of carbonyl (C=O) groups excluding carboxylic acids is 3. The molecule has 0 unspecified atom stereocenters. The minimum absolute atomic E-state index is 0.409. The summed E-state index contributed by atoms with van der Waals surface area (Å²) in [6, 6.07) is 6.40. The van der Waals surface area contributed by atoms with E-state index >= 15 is 0 Å². The van der Waals surface area contributed by atoms with Crippen LogP contribution in [0.3, 0.4) is 0 Å². The fourth-order valence-corrected chi connectivity index (χ4v) is 2.45. The number of hydrogen-bond acceptors (Lipinski definition) is 5. The van der Waals surface area contributed by atoms with E-state index in [-0.39, 0.29) is 0 Å². The summed E-state index contributed by atoms with van der Waals surface area (Å²) in [6.07, 6.45) is 0. The van der Waals surface area contributed by atoms with E-state index in [9.17, 15) is 14.4 Å². The Morgan fingerprint density at radius 3 is 2.43 bits per heavy atom. The van der Waals surface area contributed by atoms with Crippen LogP contribution < -0.4 is 10.6 Å². The number of amides is 3. The fraction of sp³-hybridized carbons (Fsp3) is 0.438. The molecule has 0 aliphatic heterocycles. The van der Waals surface area contributed by atoms with Gasteiger partial charge < -0.3 is 10.1 Å². The molecule has 23 heavy (non-hydrogen) atoms. The highest BCUT2D eigenvalue weighted by atomic mass is 32.2. The second-order valence-electron chi connectivity index (χ2n) is 5.76. The van der Waals surface area contributed by atoms with Gasteiger partial charge in [0.15, 0.2) is 6.61 Å². The fourth-order valence-electron chi connectivity index (χ4n) is 1.66. The molecule has 0 bridgehead atoms. The Balaban J connectivity index is 2.53. The number of urea groups is 1. The SMILES string of the molecule is CCSc1ccccc1C(=O)OCC(=O)NC(=O)NC(C)(C)C. The lowest BCUT2D eigenvalue weighted by atomic mass is 10.1. The van der Waals surface area contributed by atoms with Crippen molar-refractivity contribution in [2.24, 2.45) is 0 Å². The average molecular weight is 338 g/mol. The Morgan fingerprint density at radius 2 is 1.83 bits per heavy atom. The second-order valence-corrected chi connectivity index (χ2v) is 7.06. The molecule has 2 N–H and O–H groups in total. The maximum atomic E-state index is 12.0. The molecule has 0 fully saturated rings. The summed E-state index contributed by atoms with van der Waals surface area (Å²) >= 11 is 1.52. The molecular formula is C16H22N2O4S. The average Bonchev–Trinajstić information content (AvgIpc) is 2.43. The Kier molecular flexibility index (Phi) is 7.09. The van der Waals surface area contributed by atoms with Gasteiger partial charge in [0, 0.05) is 10.4 Å². The van der Waals surface area contributed by atoms with Crippen LogP contribution in [0.5, 0.6) is 0 Å². The first-order chi connectivity index (χ1) is 10.7. The van der Waals surface area contributed by atoms with Crippen LogP contribution >= 0.6 is 11.8 Å². The first-order valence-electron chi connectivity index (χ1n) is 7.24. The number of ether oxygens (including phenoxy) is 1. The number of nitrogens with one attached hydrogen (secondary N) is 2. The van der Waals surface area contributed by atoms with Crippen molar-refractivity contribution in [3.8, 4) is 0 Å². The number of imide groups is 1. The van der Waals surface area contributed by atoms with E-state index in [2.05, 4.69) is 10.6 Å². The molecule has 126 valence electrons. The van der Waals surface area contributed by atoms with E-state index < -0.39 is 30.1 Å². The zero-order valence-electron chi connectivity index (χ0n) is 13.8. The van der Waals surface area contributed by atoms with Crippen molar-refractivity contribution in [3.63, 3.8) is 0 Å². The standard InChI is InChI=1S/C16H22N2O4S/c1-5-23-12-9-7-6-8-11(12)14(20)22-10-13(19)17-15(21)18-16(2,3)4/h6-9H,5,10H2,1-4H3,(H2,17,18,19,21). The maximum absolute atomic E-state index is 12.0. The highest BCUT2D eigenvalue weighted by molar-refractivity contribution is 7.99. The van der Waals surface area contributed by atoms with Gasteiger partial charge in [-0.3, -0.25) is 10.1 Å². The van der Waals surface area contributed by atoms with Crippen LogP contribution in [-0.2, 0) is 9.53 Å². The number of rotatable bonds is 5. The van der Waals surface area contributed by atoms with E-state index in [0.717, 1.165) is 10.6 Å². The second kappa shape index (κ2) is 8.57. The van der Waals surface area contributed by atoms with Crippen LogP contribution in [0.4, 0.5) is 4.79 Å². The van der Waals surface area contributed by atoms with Gasteiger partial charge in [-0.2, -0.15) is 0 Å². The summed E-state index contributed by atoms with van der Waals surface area (Å²) in [6.45, 7) is 6.84. The molecule has 0 saturated heterocycles. The largest absolute Gasteiger partial charge is 0.452 e. The van der Waals surface area contributed by atoms with Gasteiger partial charge in [-0.05, 0) is 38.7 Å². The third kappa shape index (κ3) is 7.19. The summed E-state index contributed by atoms with van der Waals surface area (Å²) in [5.41, 5.74) is -0.0524. The van der Waals surface area contributed by atoms with Crippen LogP contribution in [0.15, 0.2) is 29.2 Å². The highest BCUT2D eigenvalue weighted by Crippen LogP contribution is 2.22. The van der Waals surface area contributed by atoms with Crippen molar-refractivity contribution in [2.75, 3.05) is 12.4 Å². The number of carbonyl (C=O) groups is 3. The monoisotopic (exact) mass is 338 g/mol. The zero-order valence-corrected chi connectivity index (χ0v) is 14.6. The molecule has 0 aliphatic carbocycles. The topological polar surface area (TPSA) is 84.5 Å². The first kappa shape index (κ1) is 19.0. The zero-order chi connectivity index (χ0) is 17.5. The summed E-state index contributed by atoms with van der Waals surface area (Å²) < 4.78 is 4.96. The number of thioether (sulfide) groups is 1. The van der Waals surface area contributed by atoms with Crippen molar-refractivity contribution in [2.45, 2.75) is 38.1 Å². The lowest BCUT2D eigenvalue weighted by molar-refractivity contribution is -0.123. The van der Waals surface area contributed by atoms with Crippen LogP contribution in [0, 0.1) is 0 Å². The first-order valence-corrected chi connectivity index (χ1v) is 8.22. The molecule has 1 aromatic carbocycles. The van der Waals surface area contributed by atoms with Crippen LogP contribution in [-0.4, -0.2) is 35.8 Å². The third-order valence-electron chi connectivity index (χ3n) is 2.48. The molecule has 0 spiro atoms. The molecule has 3 amide bonds. The smallest absolute Gasteiger partial charge is 0.339 e. The summed E-state index contributed by atoms with van der Waals surface area (Å²) in [5, 5.41) is 4.69. The quantitative estimate of drug-likeness (QED) is 0.637. The van der Waals surface area contributed by atoms with E-state index in [1.807, 2.05) is 19.1 Å². The van der Waals surface area contributed by atoms with Gasteiger partial charge in [-0.1, -0.05) is 19.1 Å². The molecule has 0 aliphatic rings. The Hall–Kier alpha value is -2.02. The molecule has 0 saturated carbocycles. The van der Waals surface area contributed by atoms with Gasteiger partial charge in [-0.15, -0.1) is 11.8 Å². The molecule has 0 heterocycles. The molecule has 1 rings (SSSR count). The normalized spacial score (nSPS) is 10.8. The van der Waals surface area contributed by atoms with Crippen LogP contribution in [0.2, 0.25) is 0 Å². The van der Waals surface area contributed by atoms with E-state index in [1.54, 1.807) is 32.9 Å². The van der Waals surface area contributed by atoms with E-state index in [0.29, 0.717) is 5.56 Å². The van der Waals surface area contributed by atoms with E-state index in [4.69, 9.17) is 4.74 Å². The van der Waals surface area contributed by atoms with Gasteiger partial charge in [0.2, 0.25) is 0 Å². The lowest BCUT2D eigenvalue weighted by Crippen LogP contribution is -2.49. The Bertz CT molecular complexity index is 582. The summed E-state index contributed by atoms with van der Waals surface area (Å²) in [5.74, 6) is -0.453. The van der Waals surface area contributed by atoms with Gasteiger partial charge >= 0.3 is 12.0 Å². The van der Waals surface area contributed by atoms with Crippen LogP contribution in [0.1, 0.15) is 38.1 Å². The van der Waals surface area contributed by atoms with Crippen molar-refractivity contribution >= 4 is 29.7 Å². The van der Waals surface area contributed by atoms with Gasteiger partial charge in [0.25, 0.3) is 5.91 Å². The molecular weight excluding hydrogens is 316 g/mol. The Morgan fingerprint density at radius 1 is 1.17 bits per heavy atom. The van der Waals surface area contributed by atoms with Crippen molar-refractivity contribution in [1.29, 1.82) is 0 Å². The van der Waals surface area contributed by atoms with Gasteiger partial charge in [-0.25, -0.2) is 9.59 Å². The van der Waals surface area contributed by atoms with E-state index in [1.165, 1.54) is 11.8 Å². The third-order valence-corrected chi connectivity index (χ3v) is 3.44. The van der Waals surface area contributed by atoms with Gasteiger partial charge in [0.05, 0.1) is 5.56 Å². The maximum Gasteiger partial charge on any atom is 0.339 e. The Labute approximate surface area is 140 Å². The molecule has 7 heteroatoms. The lowest BCUT2D eigenvalue weighted by Gasteiger charge is -2.20. The van der Waals surface area contributed by atoms with Crippen molar-refractivity contribution < 1.29 is 19.1 Å². The molecule has 1 aromatic rings. The number of esters is 1. The summed E-state index contributed by atoms with van der Waals surface area (Å²) in [7, 11) is 0. The minimum atomic E-state index is -0.680. The molecule has 0 atom stereocenters.